The first-order valence-corrected chi connectivity index (χ1v) is 8.69. The third-order valence-electron chi connectivity index (χ3n) is 4.65. The van der Waals surface area contributed by atoms with E-state index in [0.29, 0.717) is 19.8 Å². The molecular weight excluding hydrogens is 321 g/mol. The highest BCUT2D eigenvalue weighted by Gasteiger charge is 2.33. The average Bonchev–Trinajstić information content (AvgIpc) is 2.62. The lowest BCUT2D eigenvalue weighted by molar-refractivity contribution is -0.950. The fourth-order valence-electron chi connectivity index (χ4n) is 3.35. The van der Waals surface area contributed by atoms with Crippen LogP contribution in [-0.4, -0.2) is 55.1 Å². The van der Waals surface area contributed by atoms with Gasteiger partial charge in [0.15, 0.2) is 11.6 Å². The number of aliphatic hydroxyl groups excluding tert-OH is 1. The molecule has 1 N–H and O–H groups in total. The summed E-state index contributed by atoms with van der Waals surface area (Å²) in [5, 5.41) is 10.5. The number of nitrogens with zero attached hydrogens (tertiary/aromatic N) is 1. The van der Waals surface area contributed by atoms with Gasteiger partial charge in [0.05, 0.1) is 13.2 Å². The Balaban J connectivity index is 1.62. The summed E-state index contributed by atoms with van der Waals surface area (Å²) in [7, 11) is 0. The predicted octanol–water partition coefficient (Wildman–Crippen LogP) is 2.61. The Morgan fingerprint density at radius 2 is 1.72 bits per heavy atom. The summed E-state index contributed by atoms with van der Waals surface area (Å²) in [6.07, 6.45) is -0.665. The topological polar surface area (TPSA) is 38.7 Å². The SMILES string of the molecule is OC(COc1ccccc1F)C[N+]1(Cc2ccccc2)CCOCC1. The summed E-state index contributed by atoms with van der Waals surface area (Å²) in [6.45, 7) is 4.57. The van der Waals surface area contributed by atoms with Crippen LogP contribution in [0.1, 0.15) is 5.56 Å². The van der Waals surface area contributed by atoms with Gasteiger partial charge in [-0.3, -0.25) is 0 Å². The normalized spacial score (nSPS) is 17.8. The van der Waals surface area contributed by atoms with E-state index in [1.54, 1.807) is 18.2 Å². The van der Waals surface area contributed by atoms with Crippen LogP contribution in [0.4, 0.5) is 4.39 Å². The van der Waals surface area contributed by atoms with Gasteiger partial charge in [-0.25, -0.2) is 4.39 Å². The van der Waals surface area contributed by atoms with Gasteiger partial charge in [-0.2, -0.15) is 0 Å². The van der Waals surface area contributed by atoms with Crippen LogP contribution < -0.4 is 4.74 Å². The number of aliphatic hydroxyl groups is 1. The van der Waals surface area contributed by atoms with Crippen molar-refractivity contribution in [3.63, 3.8) is 0 Å². The summed E-state index contributed by atoms with van der Waals surface area (Å²) in [5.74, 6) is -0.229. The number of morpholine rings is 1. The van der Waals surface area contributed by atoms with E-state index in [1.165, 1.54) is 11.6 Å². The van der Waals surface area contributed by atoms with E-state index in [2.05, 4.69) is 12.1 Å². The molecule has 4 nitrogen and oxygen atoms in total. The van der Waals surface area contributed by atoms with Gasteiger partial charge in [-0.15, -0.1) is 0 Å². The fourth-order valence-corrected chi connectivity index (χ4v) is 3.35. The second kappa shape index (κ2) is 8.43. The molecular formula is C20H25FNO3+. The van der Waals surface area contributed by atoms with Crippen molar-refractivity contribution in [2.45, 2.75) is 12.6 Å². The summed E-state index contributed by atoms with van der Waals surface area (Å²) in [5.41, 5.74) is 1.24. The number of para-hydroxylation sites is 1. The first-order valence-electron chi connectivity index (χ1n) is 8.69. The van der Waals surface area contributed by atoms with Crippen LogP contribution >= 0.6 is 0 Å². The van der Waals surface area contributed by atoms with Gasteiger partial charge < -0.3 is 19.1 Å². The molecule has 25 heavy (non-hydrogen) atoms. The number of halogens is 1. The maximum absolute atomic E-state index is 13.6. The molecule has 1 aliphatic heterocycles. The Kier molecular flexibility index (Phi) is 6.02. The van der Waals surface area contributed by atoms with E-state index in [0.717, 1.165) is 24.1 Å². The van der Waals surface area contributed by atoms with Gasteiger partial charge in [0.25, 0.3) is 0 Å². The van der Waals surface area contributed by atoms with Gasteiger partial charge in [0.2, 0.25) is 0 Å². The molecule has 0 aromatic heterocycles. The maximum atomic E-state index is 13.6. The zero-order chi connectivity index (χ0) is 17.5. The Labute approximate surface area is 148 Å². The first-order chi connectivity index (χ1) is 12.2. The van der Waals surface area contributed by atoms with Gasteiger partial charge in [-0.1, -0.05) is 42.5 Å². The molecule has 1 saturated heterocycles. The van der Waals surface area contributed by atoms with E-state index in [9.17, 15) is 9.50 Å². The molecule has 1 unspecified atom stereocenters. The van der Waals surface area contributed by atoms with Crippen molar-refractivity contribution in [1.82, 2.24) is 0 Å². The number of rotatable bonds is 7. The van der Waals surface area contributed by atoms with Gasteiger partial charge >= 0.3 is 0 Å². The Morgan fingerprint density at radius 1 is 1.04 bits per heavy atom. The van der Waals surface area contributed by atoms with E-state index >= 15 is 0 Å². The molecule has 3 rings (SSSR count). The molecule has 0 amide bonds. The largest absolute Gasteiger partial charge is 0.488 e. The van der Waals surface area contributed by atoms with Crippen molar-refractivity contribution >= 4 is 0 Å². The molecule has 1 aliphatic rings. The minimum atomic E-state index is -0.665. The van der Waals surface area contributed by atoms with Crippen molar-refractivity contribution in [2.75, 3.05) is 39.5 Å². The van der Waals surface area contributed by atoms with Crippen molar-refractivity contribution < 1.29 is 23.5 Å². The fraction of sp³-hybridized carbons (Fsp3) is 0.400. The van der Waals surface area contributed by atoms with E-state index in [4.69, 9.17) is 9.47 Å². The van der Waals surface area contributed by atoms with E-state index in [1.807, 2.05) is 18.2 Å². The third-order valence-corrected chi connectivity index (χ3v) is 4.65. The lowest BCUT2D eigenvalue weighted by Gasteiger charge is -2.42. The second-order valence-electron chi connectivity index (χ2n) is 6.62. The molecule has 0 aliphatic carbocycles. The molecule has 0 saturated carbocycles. The lowest BCUT2D eigenvalue weighted by atomic mass is 10.1. The van der Waals surface area contributed by atoms with Crippen LogP contribution in [0.2, 0.25) is 0 Å². The second-order valence-corrected chi connectivity index (χ2v) is 6.62. The minimum absolute atomic E-state index is 0.0799. The molecule has 5 heteroatoms. The van der Waals surface area contributed by atoms with E-state index in [-0.39, 0.29) is 12.4 Å². The Bertz CT molecular complexity index is 659. The number of hydrogen-bond acceptors (Lipinski definition) is 3. The number of benzene rings is 2. The summed E-state index contributed by atoms with van der Waals surface area (Å²) < 4.78 is 25.4. The molecule has 2 aromatic rings. The zero-order valence-corrected chi connectivity index (χ0v) is 14.3. The molecule has 1 atom stereocenters. The third kappa shape index (κ3) is 5.01. The van der Waals surface area contributed by atoms with Crippen LogP contribution in [0.3, 0.4) is 0 Å². The molecule has 2 aromatic carbocycles. The maximum Gasteiger partial charge on any atom is 0.165 e. The van der Waals surface area contributed by atoms with Crippen molar-refractivity contribution in [2.24, 2.45) is 0 Å². The standard InChI is InChI=1S/C20H25FNO3/c21-19-8-4-5-9-20(19)25-16-18(23)15-22(10-12-24-13-11-22)14-17-6-2-1-3-7-17/h1-9,18,23H,10-16H2/q+1. The Hall–Kier alpha value is -1.95. The van der Waals surface area contributed by atoms with Gasteiger partial charge in [-0.05, 0) is 12.1 Å². The van der Waals surface area contributed by atoms with Crippen LogP contribution in [-0.2, 0) is 11.3 Å². The average molecular weight is 346 g/mol. The molecule has 0 radical (unpaired) electrons. The zero-order valence-electron chi connectivity index (χ0n) is 14.3. The number of quaternary nitrogens is 1. The summed E-state index contributed by atoms with van der Waals surface area (Å²) in [4.78, 5) is 0. The lowest BCUT2D eigenvalue weighted by Crippen LogP contribution is -2.58. The smallest absolute Gasteiger partial charge is 0.165 e. The van der Waals surface area contributed by atoms with Crippen LogP contribution in [0.5, 0.6) is 5.75 Å². The van der Waals surface area contributed by atoms with Gasteiger partial charge in [0.1, 0.15) is 38.9 Å². The van der Waals surface area contributed by atoms with Crippen LogP contribution in [0.15, 0.2) is 54.6 Å². The predicted molar refractivity (Wildman–Crippen MR) is 93.7 cm³/mol. The quantitative estimate of drug-likeness (QED) is 0.784. The van der Waals surface area contributed by atoms with Crippen LogP contribution in [0.25, 0.3) is 0 Å². The minimum Gasteiger partial charge on any atom is -0.488 e. The molecule has 0 spiro atoms. The summed E-state index contributed by atoms with van der Waals surface area (Å²) in [6, 6.07) is 16.6. The molecule has 1 fully saturated rings. The molecule has 134 valence electrons. The first kappa shape index (κ1) is 17.9. The Morgan fingerprint density at radius 3 is 2.44 bits per heavy atom. The number of ether oxygens (including phenoxy) is 2. The van der Waals surface area contributed by atoms with Crippen LogP contribution in [0, 0.1) is 5.82 Å². The van der Waals surface area contributed by atoms with Gasteiger partial charge in [0, 0.05) is 5.56 Å². The summed E-state index contributed by atoms with van der Waals surface area (Å²) >= 11 is 0. The van der Waals surface area contributed by atoms with E-state index < -0.39 is 11.9 Å². The van der Waals surface area contributed by atoms with Crippen molar-refractivity contribution in [3.05, 3.63) is 66.0 Å². The molecule has 0 bridgehead atoms. The van der Waals surface area contributed by atoms with Crippen molar-refractivity contribution in [1.29, 1.82) is 0 Å². The highest BCUT2D eigenvalue weighted by atomic mass is 19.1. The molecule has 1 heterocycles. The van der Waals surface area contributed by atoms with Crippen molar-refractivity contribution in [3.8, 4) is 5.75 Å². The monoisotopic (exact) mass is 346 g/mol. The number of hydrogen-bond donors (Lipinski definition) is 1. The highest BCUT2D eigenvalue weighted by Crippen LogP contribution is 2.20. The highest BCUT2D eigenvalue weighted by molar-refractivity contribution is 5.23.